The molecule has 94 valence electrons. The van der Waals surface area contributed by atoms with Gasteiger partial charge in [-0.1, -0.05) is 54.6 Å². The van der Waals surface area contributed by atoms with Crippen molar-refractivity contribution >= 4 is 11.6 Å². The number of fused-ring (bicyclic) bond motifs is 1. The second kappa shape index (κ2) is 4.69. The lowest BCUT2D eigenvalue weighted by molar-refractivity contribution is -0.129. The van der Waals surface area contributed by atoms with Crippen molar-refractivity contribution in [3.8, 4) is 0 Å². The normalized spacial score (nSPS) is 14.7. The molecule has 0 fully saturated rings. The van der Waals surface area contributed by atoms with E-state index in [1.165, 1.54) is 5.01 Å². The molecule has 3 heteroatoms. The van der Waals surface area contributed by atoms with Crippen LogP contribution in [0.4, 0.5) is 0 Å². The van der Waals surface area contributed by atoms with Crippen molar-refractivity contribution in [1.29, 1.82) is 0 Å². The van der Waals surface area contributed by atoms with Gasteiger partial charge in [0.15, 0.2) is 0 Å². The van der Waals surface area contributed by atoms with Crippen molar-refractivity contribution in [2.75, 3.05) is 7.05 Å². The zero-order chi connectivity index (χ0) is 13.2. The molecule has 0 aromatic heterocycles. The number of hydrogen-bond donors (Lipinski definition) is 0. The van der Waals surface area contributed by atoms with E-state index in [0.717, 1.165) is 22.4 Å². The molecule has 3 nitrogen and oxygen atoms in total. The minimum Gasteiger partial charge on any atom is -0.273 e. The summed E-state index contributed by atoms with van der Waals surface area (Å²) < 4.78 is 0. The molecule has 0 N–H and O–H groups in total. The van der Waals surface area contributed by atoms with Crippen LogP contribution in [0.25, 0.3) is 0 Å². The molecule has 0 spiro atoms. The zero-order valence-corrected chi connectivity index (χ0v) is 10.7. The highest BCUT2D eigenvalue weighted by Crippen LogP contribution is 2.20. The predicted octanol–water partition coefficient (Wildman–Crippen LogP) is 2.45. The maximum absolute atomic E-state index is 12.0. The molecule has 0 saturated heterocycles. The molecule has 3 rings (SSSR count). The molecule has 0 aliphatic carbocycles. The smallest absolute Gasteiger partial charge is 0.246 e. The molecular formula is C16H14N2O. The first-order valence-electron chi connectivity index (χ1n) is 6.24. The van der Waals surface area contributed by atoms with Gasteiger partial charge in [0, 0.05) is 18.2 Å². The van der Waals surface area contributed by atoms with Gasteiger partial charge in [0.1, 0.15) is 0 Å². The molecule has 19 heavy (non-hydrogen) atoms. The number of carbonyl (C=O) groups is 1. The highest BCUT2D eigenvalue weighted by atomic mass is 16.2. The van der Waals surface area contributed by atoms with Crippen molar-refractivity contribution in [1.82, 2.24) is 5.01 Å². The first-order valence-corrected chi connectivity index (χ1v) is 6.24. The highest BCUT2D eigenvalue weighted by molar-refractivity contribution is 6.15. The van der Waals surface area contributed by atoms with Crippen LogP contribution in [0.3, 0.4) is 0 Å². The summed E-state index contributed by atoms with van der Waals surface area (Å²) in [6.45, 7) is 0. The van der Waals surface area contributed by atoms with Gasteiger partial charge < -0.3 is 0 Å². The molecular weight excluding hydrogens is 236 g/mol. The van der Waals surface area contributed by atoms with Gasteiger partial charge in [-0.25, -0.2) is 5.01 Å². The van der Waals surface area contributed by atoms with Crippen LogP contribution in [-0.2, 0) is 11.2 Å². The van der Waals surface area contributed by atoms with Gasteiger partial charge in [0.05, 0.1) is 12.1 Å². The van der Waals surface area contributed by atoms with Gasteiger partial charge >= 0.3 is 0 Å². The number of likely N-dealkylation sites (N-methyl/N-ethyl adjacent to an activating group) is 1. The van der Waals surface area contributed by atoms with E-state index in [2.05, 4.69) is 5.10 Å². The van der Waals surface area contributed by atoms with E-state index in [4.69, 9.17) is 0 Å². The van der Waals surface area contributed by atoms with Gasteiger partial charge in [0.25, 0.3) is 0 Å². The van der Waals surface area contributed by atoms with Crippen LogP contribution >= 0.6 is 0 Å². The van der Waals surface area contributed by atoms with E-state index in [9.17, 15) is 4.79 Å². The number of hydrazone groups is 1. The fourth-order valence-corrected chi connectivity index (χ4v) is 2.25. The van der Waals surface area contributed by atoms with Crippen LogP contribution in [0.5, 0.6) is 0 Å². The molecule has 0 bridgehead atoms. The summed E-state index contributed by atoms with van der Waals surface area (Å²) in [4.78, 5) is 12.0. The highest BCUT2D eigenvalue weighted by Gasteiger charge is 2.20. The summed E-state index contributed by atoms with van der Waals surface area (Å²) in [5.74, 6) is 0.0124. The number of hydrogen-bond acceptors (Lipinski definition) is 2. The Balaban J connectivity index is 2.21. The van der Waals surface area contributed by atoms with Gasteiger partial charge in [-0.3, -0.25) is 4.79 Å². The molecule has 2 aromatic carbocycles. The maximum atomic E-state index is 12.0. The average Bonchev–Trinajstić information content (AvgIpc) is 2.58. The minimum absolute atomic E-state index is 0.0124. The lowest BCUT2D eigenvalue weighted by atomic mass is 9.96. The third-order valence-electron chi connectivity index (χ3n) is 3.27. The number of nitrogens with zero attached hydrogens (tertiary/aromatic N) is 2. The van der Waals surface area contributed by atoms with Crippen molar-refractivity contribution in [3.63, 3.8) is 0 Å². The van der Waals surface area contributed by atoms with E-state index >= 15 is 0 Å². The zero-order valence-electron chi connectivity index (χ0n) is 10.7. The van der Waals surface area contributed by atoms with Gasteiger partial charge in [-0.2, -0.15) is 5.10 Å². The van der Waals surface area contributed by atoms with E-state index < -0.39 is 0 Å². The Bertz CT molecular complexity index is 647. The number of amides is 1. The van der Waals surface area contributed by atoms with Crippen LogP contribution in [0.2, 0.25) is 0 Å². The summed E-state index contributed by atoms with van der Waals surface area (Å²) in [5, 5.41) is 5.90. The second-order valence-electron chi connectivity index (χ2n) is 4.57. The van der Waals surface area contributed by atoms with Crippen LogP contribution < -0.4 is 0 Å². The molecule has 1 aliphatic heterocycles. The van der Waals surface area contributed by atoms with Crippen LogP contribution in [0, 0.1) is 0 Å². The minimum atomic E-state index is 0.0124. The SMILES string of the molecule is CN1N=C(c2ccccc2)c2ccccc2CC1=O. The largest absolute Gasteiger partial charge is 0.273 e. The van der Waals surface area contributed by atoms with Crippen molar-refractivity contribution in [2.45, 2.75) is 6.42 Å². The Morgan fingerprint density at radius 2 is 1.68 bits per heavy atom. The lowest BCUT2D eigenvalue weighted by Gasteiger charge is -2.10. The predicted molar refractivity (Wildman–Crippen MR) is 75.0 cm³/mol. The van der Waals surface area contributed by atoms with Gasteiger partial charge in [-0.05, 0) is 5.56 Å². The van der Waals surface area contributed by atoms with Crippen LogP contribution in [0.1, 0.15) is 16.7 Å². The van der Waals surface area contributed by atoms with Gasteiger partial charge in [-0.15, -0.1) is 0 Å². The fraction of sp³-hybridized carbons (Fsp3) is 0.125. The third-order valence-corrected chi connectivity index (χ3v) is 3.27. The molecule has 1 aliphatic rings. The topological polar surface area (TPSA) is 32.7 Å². The Hall–Kier alpha value is -2.42. The lowest BCUT2D eigenvalue weighted by Crippen LogP contribution is -2.22. The summed E-state index contributed by atoms with van der Waals surface area (Å²) in [7, 11) is 1.71. The standard InChI is InChI=1S/C16H14N2O/c1-18-15(19)11-13-9-5-6-10-14(13)16(17-18)12-7-3-2-4-8-12/h2-10H,11H2,1H3. The summed E-state index contributed by atoms with van der Waals surface area (Å²) in [5.41, 5.74) is 3.94. The number of rotatable bonds is 1. The molecule has 2 aromatic rings. The molecule has 1 amide bonds. The fourth-order valence-electron chi connectivity index (χ4n) is 2.25. The molecule has 0 saturated carbocycles. The quantitative estimate of drug-likeness (QED) is 0.765. The second-order valence-corrected chi connectivity index (χ2v) is 4.57. The van der Waals surface area contributed by atoms with E-state index in [0.29, 0.717) is 6.42 Å². The van der Waals surface area contributed by atoms with Crippen molar-refractivity contribution < 1.29 is 4.79 Å². The average molecular weight is 250 g/mol. The maximum Gasteiger partial charge on any atom is 0.246 e. The molecule has 0 radical (unpaired) electrons. The first-order chi connectivity index (χ1) is 9.25. The van der Waals surface area contributed by atoms with Crippen LogP contribution in [0.15, 0.2) is 59.7 Å². The molecule has 1 heterocycles. The van der Waals surface area contributed by atoms with Crippen molar-refractivity contribution in [3.05, 3.63) is 71.3 Å². The Kier molecular flexibility index (Phi) is 2.88. The van der Waals surface area contributed by atoms with E-state index in [1.54, 1.807) is 7.05 Å². The number of carbonyl (C=O) groups excluding carboxylic acids is 1. The molecule has 0 unspecified atom stereocenters. The van der Waals surface area contributed by atoms with E-state index in [1.807, 2.05) is 54.6 Å². The Labute approximate surface area is 112 Å². The molecule has 0 atom stereocenters. The monoisotopic (exact) mass is 250 g/mol. The Morgan fingerprint density at radius 3 is 2.47 bits per heavy atom. The van der Waals surface area contributed by atoms with Crippen molar-refractivity contribution in [2.24, 2.45) is 5.10 Å². The van der Waals surface area contributed by atoms with Gasteiger partial charge in [0.2, 0.25) is 5.91 Å². The number of benzene rings is 2. The summed E-state index contributed by atoms with van der Waals surface area (Å²) >= 11 is 0. The first kappa shape index (κ1) is 11.7. The Morgan fingerprint density at radius 1 is 1.00 bits per heavy atom. The van der Waals surface area contributed by atoms with E-state index in [-0.39, 0.29) is 5.91 Å². The summed E-state index contributed by atoms with van der Waals surface area (Å²) in [6.07, 6.45) is 0.395. The summed E-state index contributed by atoms with van der Waals surface area (Å²) in [6, 6.07) is 17.9. The van der Waals surface area contributed by atoms with Crippen LogP contribution in [-0.4, -0.2) is 23.7 Å². The third kappa shape index (κ3) is 2.15.